The van der Waals surface area contributed by atoms with Gasteiger partial charge in [0.25, 0.3) is 0 Å². The van der Waals surface area contributed by atoms with Gasteiger partial charge >= 0.3 is 16.5 Å². The van der Waals surface area contributed by atoms with Crippen LogP contribution in [0.25, 0.3) is 21.3 Å². The first-order valence-corrected chi connectivity index (χ1v) is 16.0. The predicted octanol–water partition coefficient (Wildman–Crippen LogP) is 4.10. The Kier molecular flexibility index (Phi) is 18.8. The fourth-order valence-corrected chi connectivity index (χ4v) is 6.14. The molecule has 0 spiro atoms. The van der Waals surface area contributed by atoms with Crippen LogP contribution in [0.2, 0.25) is 0 Å². The number of hydrogen-bond donors (Lipinski definition) is 1. The molecule has 38 heavy (non-hydrogen) atoms. The zero-order chi connectivity index (χ0) is 27.3. The third-order valence-electron chi connectivity index (χ3n) is 8.40. The zero-order valence-corrected chi connectivity index (χ0v) is 25.8. The molecule has 8 atom stereocenters. The Morgan fingerprint density at radius 2 is 0.711 bits per heavy atom. The molecule has 4 aliphatic rings. The molecule has 0 radical (unpaired) electrons. The molecule has 4 fully saturated rings. The fourth-order valence-electron chi connectivity index (χ4n) is 6.14. The first-order valence-electron chi connectivity index (χ1n) is 14.8. The molecule has 1 N–H and O–H groups in total. The molecule has 4 rings (SSSR count). The summed E-state index contributed by atoms with van der Waals surface area (Å²) < 4.78 is 32.7. The van der Waals surface area contributed by atoms with Crippen LogP contribution < -0.4 is 14.0 Å². The van der Waals surface area contributed by atoms with Crippen molar-refractivity contribution in [1.82, 2.24) is 0 Å². The van der Waals surface area contributed by atoms with E-state index in [1.165, 1.54) is 77.0 Å². The summed E-state index contributed by atoms with van der Waals surface area (Å²) in [5.74, 6) is 3.57. The van der Waals surface area contributed by atoms with Crippen LogP contribution >= 0.6 is 0 Å². The number of halogens is 1. The molecule has 4 aliphatic heterocycles. The maximum absolute atomic E-state index is 8.60. The van der Waals surface area contributed by atoms with Gasteiger partial charge in [0.2, 0.25) is 0 Å². The summed E-state index contributed by atoms with van der Waals surface area (Å²) in [6.45, 7) is 13.9. The van der Waals surface area contributed by atoms with Crippen molar-refractivity contribution in [2.75, 3.05) is 26.2 Å². The molecule has 228 valence electrons. The Balaban J connectivity index is 0.000000317. The summed E-state index contributed by atoms with van der Waals surface area (Å²) in [6, 6.07) is 2.60. The summed E-state index contributed by atoms with van der Waals surface area (Å²) in [5, 5.41) is 19.0. The van der Waals surface area contributed by atoms with E-state index >= 15 is 0 Å². The maximum Gasteiger partial charge on any atom is 2.00 e. The standard InChI is InChI=1S/2C14H26N2.ClHO4.Ni/c2*1-11-5-7-15-13(9-11)3-4-14-10-12(2)6-8-16-14;2-1(3,4)5;/h2*11-14H,3-10H2,1-2H3;(H,2,3,4,5);/q2*-2;;+2. The van der Waals surface area contributed by atoms with E-state index in [9.17, 15) is 0 Å². The second-order valence-corrected chi connectivity index (χ2v) is 13.1. The number of hydrogen-bond acceptors (Lipinski definition) is 4. The molecule has 0 aromatic heterocycles. The Labute approximate surface area is 244 Å². The van der Waals surface area contributed by atoms with Gasteiger partial charge in [0.05, 0.1) is 14.9 Å². The van der Waals surface area contributed by atoms with Crippen molar-refractivity contribution < 1.29 is 45.4 Å². The van der Waals surface area contributed by atoms with Crippen molar-refractivity contribution in [2.45, 2.75) is 129 Å². The van der Waals surface area contributed by atoms with E-state index < -0.39 is 10.2 Å². The Morgan fingerprint density at radius 1 is 0.526 bits per heavy atom. The van der Waals surface area contributed by atoms with Crippen LogP contribution in [-0.4, -0.2) is 55.0 Å². The van der Waals surface area contributed by atoms with Gasteiger partial charge in [0.15, 0.2) is 0 Å². The van der Waals surface area contributed by atoms with E-state index in [1.54, 1.807) is 0 Å². The van der Waals surface area contributed by atoms with E-state index in [4.69, 9.17) is 39.9 Å². The molecule has 8 unspecified atom stereocenters. The van der Waals surface area contributed by atoms with E-state index in [0.29, 0.717) is 24.2 Å². The topological polar surface area (TPSA) is 146 Å². The number of rotatable bonds is 6. The zero-order valence-electron chi connectivity index (χ0n) is 24.1. The molecule has 4 heterocycles. The largest absolute Gasteiger partial charge is 2.00 e. The number of piperidine rings is 4. The summed E-state index contributed by atoms with van der Waals surface area (Å²) in [6.07, 6.45) is 15.6. The van der Waals surface area contributed by atoms with Crippen molar-refractivity contribution in [3.8, 4) is 0 Å². The second kappa shape index (κ2) is 19.6. The Hall–Kier alpha value is 0.464. The van der Waals surface area contributed by atoms with Crippen LogP contribution in [0.15, 0.2) is 0 Å². The van der Waals surface area contributed by atoms with Crippen molar-refractivity contribution in [3.05, 3.63) is 21.3 Å². The minimum absolute atomic E-state index is 0. The minimum atomic E-state index is -4.69. The van der Waals surface area contributed by atoms with Gasteiger partial charge in [0, 0.05) is 0 Å². The van der Waals surface area contributed by atoms with Gasteiger partial charge in [0.1, 0.15) is 0 Å². The Bertz CT molecular complexity index is 510. The van der Waals surface area contributed by atoms with E-state index in [0.717, 1.165) is 49.9 Å². The maximum atomic E-state index is 8.60. The minimum Gasteiger partial charge on any atom is -0.659 e. The second-order valence-electron chi connectivity index (χ2n) is 12.3. The summed E-state index contributed by atoms with van der Waals surface area (Å²) in [5.41, 5.74) is 0. The van der Waals surface area contributed by atoms with Gasteiger partial charge in [-0.3, -0.25) is 0 Å². The van der Waals surface area contributed by atoms with Crippen LogP contribution in [0, 0.1) is 33.9 Å². The average Bonchev–Trinajstić information content (AvgIpc) is 2.81. The summed E-state index contributed by atoms with van der Waals surface area (Å²) >= 11 is 0. The third-order valence-corrected chi connectivity index (χ3v) is 8.40. The smallest absolute Gasteiger partial charge is 0.659 e. The molecular formula is C28H53ClN4NiO4-2. The molecule has 4 saturated heterocycles. The van der Waals surface area contributed by atoms with E-state index in [2.05, 4.69) is 27.7 Å². The molecule has 0 aliphatic carbocycles. The quantitative estimate of drug-likeness (QED) is 0.456. The van der Waals surface area contributed by atoms with Gasteiger partial charge < -0.3 is 21.3 Å². The Morgan fingerprint density at radius 3 is 0.868 bits per heavy atom. The van der Waals surface area contributed by atoms with Crippen LogP contribution in [0.3, 0.4) is 0 Å². The van der Waals surface area contributed by atoms with Gasteiger partial charge in [-0.2, -0.15) is 14.0 Å². The number of nitrogens with zero attached hydrogens (tertiary/aromatic N) is 4. The van der Waals surface area contributed by atoms with Gasteiger partial charge in [-0.15, -0.1) is 50.3 Å². The van der Waals surface area contributed by atoms with Crippen molar-refractivity contribution in [3.63, 3.8) is 0 Å². The summed E-state index contributed by atoms with van der Waals surface area (Å²) in [7, 11) is -4.69. The predicted molar refractivity (Wildman–Crippen MR) is 142 cm³/mol. The van der Waals surface area contributed by atoms with Gasteiger partial charge in [-0.05, 0) is 23.7 Å². The molecule has 0 aromatic rings. The molecule has 0 saturated carbocycles. The molecule has 0 bridgehead atoms. The molecule has 0 aromatic carbocycles. The van der Waals surface area contributed by atoms with Crippen LogP contribution in [0.4, 0.5) is 0 Å². The van der Waals surface area contributed by atoms with Gasteiger partial charge in [-0.25, -0.2) is 0 Å². The van der Waals surface area contributed by atoms with E-state index in [-0.39, 0.29) is 16.5 Å². The van der Waals surface area contributed by atoms with Crippen molar-refractivity contribution in [1.29, 1.82) is 0 Å². The summed E-state index contributed by atoms with van der Waals surface area (Å²) in [4.78, 5) is 0. The van der Waals surface area contributed by atoms with Gasteiger partial charge in [-0.1, -0.05) is 105 Å². The third kappa shape index (κ3) is 18.0. The molecule has 8 nitrogen and oxygen atoms in total. The van der Waals surface area contributed by atoms with Crippen LogP contribution in [-0.2, 0) is 16.5 Å². The molecular weight excluding hydrogens is 550 g/mol. The van der Waals surface area contributed by atoms with Crippen molar-refractivity contribution in [2.24, 2.45) is 23.7 Å². The fraction of sp³-hybridized carbons (Fsp3) is 1.00. The molecule has 0 amide bonds. The van der Waals surface area contributed by atoms with E-state index in [1.807, 2.05) is 0 Å². The monoisotopic (exact) mass is 602 g/mol. The average molecular weight is 604 g/mol. The van der Waals surface area contributed by atoms with Crippen LogP contribution in [0.5, 0.6) is 0 Å². The SMILES string of the molecule is CC1CC[N-]C(CCC2CC(C)CC[N-]2)C1.CC1CC[N-]C(CCC2CC(C)CC[N-]2)C1.[Ni+2].[O-][Cl+3]([O-])([O-])O. The van der Waals surface area contributed by atoms with Crippen molar-refractivity contribution >= 4 is 0 Å². The first-order chi connectivity index (χ1) is 17.5. The van der Waals surface area contributed by atoms with Crippen LogP contribution in [0.1, 0.15) is 105 Å². The normalized spacial score (nSPS) is 36.0. The molecule has 10 heteroatoms. The first kappa shape index (κ1) is 36.5.